The van der Waals surface area contributed by atoms with E-state index >= 15 is 0 Å². The van der Waals surface area contributed by atoms with E-state index in [0.717, 1.165) is 11.3 Å². The summed E-state index contributed by atoms with van der Waals surface area (Å²) in [6.07, 6.45) is 0.844. The molecular formula is C9H12ClNO3S. The van der Waals surface area contributed by atoms with Crippen LogP contribution in [0.15, 0.2) is 0 Å². The minimum atomic E-state index is 0.180. The third kappa shape index (κ3) is 4.15. The second-order valence-electron chi connectivity index (χ2n) is 3.02. The molecule has 0 unspecified atom stereocenters. The number of hydrogen-bond donors (Lipinski definition) is 0. The molecule has 0 aliphatic heterocycles. The van der Waals surface area contributed by atoms with Gasteiger partial charge in [-0.05, 0) is 13.8 Å². The number of thiazole rings is 1. The van der Waals surface area contributed by atoms with Crippen LogP contribution in [0.1, 0.15) is 23.5 Å². The Morgan fingerprint density at radius 3 is 2.80 bits per heavy atom. The van der Waals surface area contributed by atoms with Crippen LogP contribution >= 0.6 is 22.9 Å². The normalized spacial score (nSPS) is 10.7. The van der Waals surface area contributed by atoms with Gasteiger partial charge in [-0.1, -0.05) is 22.9 Å². The van der Waals surface area contributed by atoms with E-state index in [-0.39, 0.29) is 11.3 Å². The highest BCUT2D eigenvalue weighted by Gasteiger charge is 2.08. The first kappa shape index (κ1) is 12.4. The molecule has 0 fully saturated rings. The molecule has 0 amide bonds. The van der Waals surface area contributed by atoms with Crippen molar-refractivity contribution in [1.82, 2.24) is 4.98 Å². The minimum absolute atomic E-state index is 0.180. The molecule has 0 saturated carbocycles. The average molecular weight is 250 g/mol. The van der Waals surface area contributed by atoms with Crippen LogP contribution in [0, 0.1) is 0 Å². The maximum absolute atomic E-state index is 10.5. The van der Waals surface area contributed by atoms with E-state index in [2.05, 4.69) is 4.98 Å². The molecule has 1 aromatic rings. The molecule has 0 spiro atoms. The Bertz CT molecular complexity index is 327. The summed E-state index contributed by atoms with van der Waals surface area (Å²) in [5.41, 5.74) is 0. The molecule has 4 nitrogen and oxygen atoms in total. The fourth-order valence-corrected chi connectivity index (χ4v) is 1.77. The van der Waals surface area contributed by atoms with Crippen LogP contribution in [0.5, 0.6) is 5.19 Å². The standard InChI is InChI=1S/C9H12ClNO3S/c1-6(2)13-3-4-14-9-11-8(10)7(5-12)15-9/h5-6H,3-4H2,1-2H3. The summed E-state index contributed by atoms with van der Waals surface area (Å²) in [5, 5.41) is 0.587. The van der Waals surface area contributed by atoms with Crippen LogP contribution in [0.4, 0.5) is 0 Å². The Labute approximate surface area is 97.2 Å². The number of aldehydes is 1. The zero-order chi connectivity index (χ0) is 11.3. The lowest BCUT2D eigenvalue weighted by atomic mass is 10.5. The van der Waals surface area contributed by atoms with Gasteiger partial charge in [-0.15, -0.1) is 0 Å². The minimum Gasteiger partial charge on any atom is -0.468 e. The summed E-state index contributed by atoms with van der Waals surface area (Å²) in [6.45, 7) is 4.79. The highest BCUT2D eigenvalue weighted by molar-refractivity contribution is 7.15. The van der Waals surface area contributed by atoms with Gasteiger partial charge in [-0.25, -0.2) is 0 Å². The average Bonchev–Trinajstić information content (AvgIpc) is 2.53. The lowest BCUT2D eigenvalue weighted by Gasteiger charge is -2.06. The molecule has 1 aromatic heterocycles. The largest absolute Gasteiger partial charge is 0.468 e. The highest BCUT2D eigenvalue weighted by atomic mass is 35.5. The Kier molecular flexibility index (Phi) is 5.01. The number of ether oxygens (including phenoxy) is 2. The molecule has 1 heterocycles. The maximum Gasteiger partial charge on any atom is 0.275 e. The lowest BCUT2D eigenvalue weighted by Crippen LogP contribution is -2.11. The van der Waals surface area contributed by atoms with E-state index in [4.69, 9.17) is 21.1 Å². The molecule has 84 valence electrons. The Hall–Kier alpha value is -0.650. The quantitative estimate of drug-likeness (QED) is 0.574. The van der Waals surface area contributed by atoms with Crippen LogP contribution in [0.25, 0.3) is 0 Å². The van der Waals surface area contributed by atoms with Gasteiger partial charge in [0.2, 0.25) is 0 Å². The van der Waals surface area contributed by atoms with Gasteiger partial charge in [0.15, 0.2) is 11.4 Å². The SMILES string of the molecule is CC(C)OCCOc1nc(Cl)c(C=O)s1. The predicted molar refractivity (Wildman–Crippen MR) is 59.1 cm³/mol. The summed E-state index contributed by atoms with van der Waals surface area (Å²) in [7, 11) is 0. The van der Waals surface area contributed by atoms with E-state index in [1.54, 1.807) is 0 Å². The Morgan fingerprint density at radius 1 is 1.53 bits per heavy atom. The van der Waals surface area contributed by atoms with E-state index in [0.29, 0.717) is 29.6 Å². The van der Waals surface area contributed by atoms with Gasteiger partial charge >= 0.3 is 0 Å². The van der Waals surface area contributed by atoms with Crippen molar-refractivity contribution in [2.45, 2.75) is 20.0 Å². The molecule has 15 heavy (non-hydrogen) atoms. The number of hydrogen-bond acceptors (Lipinski definition) is 5. The first-order valence-electron chi connectivity index (χ1n) is 4.49. The molecule has 0 aromatic carbocycles. The van der Waals surface area contributed by atoms with Gasteiger partial charge in [0.05, 0.1) is 12.7 Å². The van der Waals surface area contributed by atoms with E-state index in [1.807, 2.05) is 13.8 Å². The van der Waals surface area contributed by atoms with Gasteiger partial charge in [-0.3, -0.25) is 4.79 Å². The number of nitrogens with zero attached hydrogens (tertiary/aromatic N) is 1. The molecule has 0 aliphatic rings. The Balaban J connectivity index is 2.34. The van der Waals surface area contributed by atoms with Crippen LogP contribution in [-0.2, 0) is 4.74 Å². The topological polar surface area (TPSA) is 48.4 Å². The number of rotatable bonds is 6. The van der Waals surface area contributed by atoms with Crippen molar-refractivity contribution >= 4 is 29.2 Å². The van der Waals surface area contributed by atoms with Gasteiger partial charge in [0.1, 0.15) is 11.5 Å². The lowest BCUT2D eigenvalue weighted by molar-refractivity contribution is 0.0552. The number of carbonyl (C=O) groups excluding carboxylic acids is 1. The smallest absolute Gasteiger partial charge is 0.275 e. The van der Waals surface area contributed by atoms with Crippen molar-refractivity contribution in [2.75, 3.05) is 13.2 Å². The molecule has 0 saturated heterocycles. The van der Waals surface area contributed by atoms with Crippen LogP contribution in [0.3, 0.4) is 0 Å². The molecule has 0 N–H and O–H groups in total. The number of aromatic nitrogens is 1. The first-order valence-corrected chi connectivity index (χ1v) is 5.69. The van der Waals surface area contributed by atoms with Crippen LogP contribution < -0.4 is 4.74 Å². The van der Waals surface area contributed by atoms with Crippen LogP contribution in [-0.4, -0.2) is 30.6 Å². The molecule has 0 atom stereocenters. The molecular weight excluding hydrogens is 238 g/mol. The summed E-state index contributed by atoms with van der Waals surface area (Å²) in [4.78, 5) is 14.7. The van der Waals surface area contributed by atoms with E-state index in [9.17, 15) is 4.79 Å². The maximum atomic E-state index is 10.5. The van der Waals surface area contributed by atoms with E-state index < -0.39 is 0 Å². The summed E-state index contributed by atoms with van der Waals surface area (Å²) in [6, 6.07) is 0. The summed E-state index contributed by atoms with van der Waals surface area (Å²) >= 11 is 6.79. The van der Waals surface area contributed by atoms with Crippen molar-refractivity contribution in [3.63, 3.8) is 0 Å². The number of carbonyl (C=O) groups is 1. The molecule has 0 radical (unpaired) electrons. The van der Waals surface area contributed by atoms with Crippen molar-refractivity contribution in [3.8, 4) is 5.19 Å². The Morgan fingerprint density at radius 2 is 2.27 bits per heavy atom. The molecule has 0 aliphatic carbocycles. The zero-order valence-electron chi connectivity index (χ0n) is 8.53. The van der Waals surface area contributed by atoms with E-state index in [1.165, 1.54) is 0 Å². The number of halogens is 1. The molecule has 6 heteroatoms. The van der Waals surface area contributed by atoms with Gasteiger partial charge in [0, 0.05) is 0 Å². The van der Waals surface area contributed by atoms with Crippen molar-refractivity contribution < 1.29 is 14.3 Å². The van der Waals surface area contributed by atoms with Crippen LogP contribution in [0.2, 0.25) is 5.15 Å². The van der Waals surface area contributed by atoms with Crippen molar-refractivity contribution in [1.29, 1.82) is 0 Å². The second kappa shape index (κ2) is 6.05. The van der Waals surface area contributed by atoms with Crippen molar-refractivity contribution in [3.05, 3.63) is 10.0 Å². The monoisotopic (exact) mass is 249 g/mol. The van der Waals surface area contributed by atoms with Gasteiger partial charge < -0.3 is 9.47 Å². The highest BCUT2D eigenvalue weighted by Crippen LogP contribution is 2.26. The summed E-state index contributed by atoms with van der Waals surface area (Å²) in [5.74, 6) is 0. The molecule has 0 bridgehead atoms. The first-order chi connectivity index (χ1) is 7.13. The molecule has 1 rings (SSSR count). The predicted octanol–water partition coefficient (Wildman–Crippen LogP) is 2.41. The third-order valence-electron chi connectivity index (χ3n) is 1.46. The van der Waals surface area contributed by atoms with Gasteiger partial charge in [0.25, 0.3) is 5.19 Å². The summed E-state index contributed by atoms with van der Waals surface area (Å²) < 4.78 is 10.5. The van der Waals surface area contributed by atoms with Crippen molar-refractivity contribution in [2.24, 2.45) is 0 Å². The second-order valence-corrected chi connectivity index (χ2v) is 4.37. The zero-order valence-corrected chi connectivity index (χ0v) is 10.1. The fourth-order valence-electron chi connectivity index (χ4n) is 0.841. The third-order valence-corrected chi connectivity index (χ3v) is 2.75. The fraction of sp³-hybridized carbons (Fsp3) is 0.556. The van der Waals surface area contributed by atoms with Gasteiger partial charge in [-0.2, -0.15) is 4.98 Å².